The van der Waals surface area contributed by atoms with E-state index in [4.69, 9.17) is 4.42 Å². The second kappa shape index (κ2) is 15.9. The lowest BCUT2D eigenvalue weighted by Crippen LogP contribution is -2.37. The van der Waals surface area contributed by atoms with Crippen LogP contribution in [0.5, 0.6) is 0 Å². The zero-order chi connectivity index (χ0) is 49.2. The Hall–Kier alpha value is -9.70. The number of nitrogens with zero attached hydrogens (tertiary/aromatic N) is 2. The van der Waals surface area contributed by atoms with Crippen molar-refractivity contribution < 1.29 is 4.42 Å². The zero-order valence-electron chi connectivity index (χ0n) is 40.9. The van der Waals surface area contributed by atoms with Gasteiger partial charge in [-0.1, -0.05) is 231 Å². The molecule has 75 heavy (non-hydrogen) atoms. The van der Waals surface area contributed by atoms with Gasteiger partial charge in [0.25, 0.3) is 0 Å². The van der Waals surface area contributed by atoms with E-state index in [9.17, 15) is 0 Å². The van der Waals surface area contributed by atoms with Crippen LogP contribution in [0.3, 0.4) is 0 Å². The van der Waals surface area contributed by atoms with Crippen LogP contribution in [-0.2, 0) is 10.8 Å². The molecule has 3 heteroatoms. The maximum absolute atomic E-state index is 6.80. The molecule has 13 aromatic carbocycles. The highest BCUT2D eigenvalue weighted by Gasteiger charge is 2.48. The molecule has 0 N–H and O–H groups in total. The number of fused-ring (bicyclic) bond motifs is 7. The second-order valence-corrected chi connectivity index (χ2v) is 20.2. The summed E-state index contributed by atoms with van der Waals surface area (Å²) in [5.74, 6) is 0. The fourth-order valence-corrected chi connectivity index (χ4v) is 13.8. The highest BCUT2D eigenvalue weighted by molar-refractivity contribution is 6.28. The van der Waals surface area contributed by atoms with Crippen molar-refractivity contribution in [1.82, 2.24) is 0 Å². The van der Waals surface area contributed by atoms with Gasteiger partial charge in [0.2, 0.25) is 0 Å². The van der Waals surface area contributed by atoms with Crippen LogP contribution in [0.4, 0.5) is 34.1 Å². The van der Waals surface area contributed by atoms with E-state index in [1.807, 2.05) is 0 Å². The van der Waals surface area contributed by atoms with Crippen molar-refractivity contribution in [2.45, 2.75) is 10.8 Å². The highest BCUT2D eigenvalue weighted by Crippen LogP contribution is 2.62. The van der Waals surface area contributed by atoms with E-state index in [0.717, 1.165) is 44.7 Å². The van der Waals surface area contributed by atoms with Crippen molar-refractivity contribution in [1.29, 1.82) is 0 Å². The van der Waals surface area contributed by atoms with Gasteiger partial charge in [0.15, 0.2) is 0 Å². The summed E-state index contributed by atoms with van der Waals surface area (Å²) < 4.78 is 6.80. The summed E-state index contributed by atoms with van der Waals surface area (Å²) in [7, 11) is 0. The van der Waals surface area contributed by atoms with Crippen molar-refractivity contribution in [3.8, 4) is 0 Å². The van der Waals surface area contributed by atoms with Gasteiger partial charge in [0, 0.05) is 27.6 Å². The normalized spacial score (nSPS) is 14.3. The van der Waals surface area contributed by atoms with Crippen molar-refractivity contribution >= 4 is 88.4 Å². The number of hydrogen-bond acceptors (Lipinski definition) is 3. The lowest BCUT2D eigenvalue weighted by molar-refractivity contribution is 0.667. The molecule has 2 aliphatic heterocycles. The van der Waals surface area contributed by atoms with E-state index in [0.29, 0.717) is 0 Å². The number of anilines is 6. The maximum Gasteiger partial charge on any atom is 0.137 e. The Morgan fingerprint density at radius 2 is 0.613 bits per heavy atom. The first-order chi connectivity index (χ1) is 37.2. The Balaban J connectivity index is 0.966. The van der Waals surface area contributed by atoms with Crippen LogP contribution in [0.15, 0.2) is 283 Å². The number of rotatable bonds is 6. The SMILES string of the molecule is c1ccc(C2(c3ccccc3)c3ccccc3N(c3ccc4ccc5c(N6c7ccccc7C(c7ccccc7)(c7ccccc7)c7cc8c(cc76)oc6ccccc68)ccc6ccc3c4c65)c3ccccc32)cc1. The maximum atomic E-state index is 6.80. The van der Waals surface area contributed by atoms with Gasteiger partial charge in [-0.25, -0.2) is 0 Å². The molecule has 0 saturated heterocycles. The Kier molecular flexibility index (Phi) is 8.88. The molecule has 0 radical (unpaired) electrons. The molecular formula is C72H46N2O. The Morgan fingerprint density at radius 3 is 1.08 bits per heavy atom. The first-order valence-electron chi connectivity index (χ1n) is 26.0. The quantitative estimate of drug-likeness (QED) is 0.155. The molecule has 0 spiro atoms. The standard InChI is InChI=1S/C72H46N2O/c1-5-21-49(22-6-1)71(50-23-7-2-8-24-50)57-30-14-17-33-63(57)73(64-34-18-15-31-58(64)71)61-43-39-47-38-42-55-62(44-40-48-37-41-54(61)69(47)70(48)55)74-65-35-19-16-32-59(65)72(51-25-9-3-10-26-51,52-27-11-4-12-28-52)60-45-56-53-29-13-20-36-67(53)75-68(56)46-66(60)74/h1-46H. The van der Waals surface area contributed by atoms with Gasteiger partial charge in [-0.15, -0.1) is 0 Å². The molecule has 1 aromatic heterocycles. The lowest BCUT2D eigenvalue weighted by Gasteiger charge is -2.47. The third kappa shape index (κ3) is 5.64. The molecule has 3 nitrogen and oxygen atoms in total. The minimum absolute atomic E-state index is 0.557. The third-order valence-electron chi connectivity index (χ3n) is 16.7. The molecule has 0 unspecified atom stereocenters. The van der Waals surface area contributed by atoms with Crippen molar-refractivity contribution in [2.24, 2.45) is 0 Å². The summed E-state index contributed by atoms with van der Waals surface area (Å²) in [6.07, 6.45) is 0. The van der Waals surface area contributed by atoms with E-state index >= 15 is 0 Å². The molecule has 0 atom stereocenters. The molecular weight excluding hydrogens is 909 g/mol. The molecule has 0 saturated carbocycles. The minimum Gasteiger partial charge on any atom is -0.456 e. The first kappa shape index (κ1) is 41.9. The zero-order valence-corrected chi connectivity index (χ0v) is 40.9. The van der Waals surface area contributed by atoms with Crippen LogP contribution < -0.4 is 9.80 Å². The Morgan fingerprint density at radius 1 is 0.240 bits per heavy atom. The smallest absolute Gasteiger partial charge is 0.137 e. The van der Waals surface area contributed by atoms with Gasteiger partial charge in [-0.3, -0.25) is 0 Å². The van der Waals surface area contributed by atoms with E-state index in [1.54, 1.807) is 0 Å². The highest BCUT2D eigenvalue weighted by atomic mass is 16.3. The number of benzene rings is 13. The molecule has 3 heterocycles. The summed E-state index contributed by atoms with van der Waals surface area (Å²) in [5.41, 5.74) is 17.2. The van der Waals surface area contributed by atoms with Crippen molar-refractivity contribution in [2.75, 3.05) is 9.80 Å². The molecule has 2 aliphatic rings. The van der Waals surface area contributed by atoms with Gasteiger partial charge < -0.3 is 14.2 Å². The van der Waals surface area contributed by atoms with Gasteiger partial charge in [0.05, 0.1) is 45.0 Å². The molecule has 14 aromatic rings. The van der Waals surface area contributed by atoms with Crippen LogP contribution in [-0.4, -0.2) is 0 Å². The molecule has 0 fully saturated rings. The third-order valence-corrected chi connectivity index (χ3v) is 16.7. The van der Waals surface area contributed by atoms with E-state index in [2.05, 4.69) is 289 Å². The second-order valence-electron chi connectivity index (χ2n) is 20.2. The van der Waals surface area contributed by atoms with Gasteiger partial charge >= 0.3 is 0 Å². The summed E-state index contributed by atoms with van der Waals surface area (Å²) in [4.78, 5) is 5.06. The van der Waals surface area contributed by atoms with Crippen molar-refractivity contribution in [3.63, 3.8) is 0 Å². The predicted molar refractivity (Wildman–Crippen MR) is 311 cm³/mol. The molecule has 350 valence electrons. The average Bonchev–Trinajstić information content (AvgIpc) is 3.94. The summed E-state index contributed by atoms with van der Waals surface area (Å²) >= 11 is 0. The van der Waals surface area contributed by atoms with E-state index < -0.39 is 10.8 Å². The first-order valence-corrected chi connectivity index (χ1v) is 26.0. The predicted octanol–water partition coefficient (Wildman–Crippen LogP) is 18.8. The average molecular weight is 955 g/mol. The van der Waals surface area contributed by atoms with Crippen LogP contribution in [0, 0.1) is 0 Å². The summed E-state index contributed by atoms with van der Waals surface area (Å²) in [6.45, 7) is 0. The monoisotopic (exact) mass is 954 g/mol. The fraction of sp³-hybridized carbons (Fsp3) is 0.0278. The van der Waals surface area contributed by atoms with Gasteiger partial charge in [-0.05, 0) is 109 Å². The molecule has 0 aliphatic carbocycles. The largest absolute Gasteiger partial charge is 0.456 e. The van der Waals surface area contributed by atoms with Gasteiger partial charge in [-0.2, -0.15) is 0 Å². The fourth-order valence-electron chi connectivity index (χ4n) is 13.8. The van der Waals surface area contributed by atoms with Gasteiger partial charge in [0.1, 0.15) is 11.2 Å². The van der Waals surface area contributed by atoms with E-state index in [-0.39, 0.29) is 0 Å². The van der Waals surface area contributed by atoms with Crippen LogP contribution in [0.1, 0.15) is 44.5 Å². The van der Waals surface area contributed by atoms with Crippen LogP contribution in [0.25, 0.3) is 54.3 Å². The molecule has 16 rings (SSSR count). The van der Waals surface area contributed by atoms with Crippen LogP contribution >= 0.6 is 0 Å². The van der Waals surface area contributed by atoms with E-state index in [1.165, 1.54) is 88.2 Å². The summed E-state index contributed by atoms with van der Waals surface area (Å²) in [6, 6.07) is 103. The Bertz CT molecular complexity index is 4410. The van der Waals surface area contributed by atoms with Crippen molar-refractivity contribution in [3.05, 3.63) is 324 Å². The Labute approximate surface area is 434 Å². The summed E-state index contributed by atoms with van der Waals surface area (Å²) in [5, 5.41) is 9.52. The number of furan rings is 1. The van der Waals surface area contributed by atoms with Crippen LogP contribution in [0.2, 0.25) is 0 Å². The topological polar surface area (TPSA) is 19.6 Å². The molecule has 0 amide bonds. The lowest BCUT2D eigenvalue weighted by atomic mass is 9.62. The number of hydrogen-bond donors (Lipinski definition) is 0. The molecule has 0 bridgehead atoms. The number of para-hydroxylation sites is 4. The minimum atomic E-state index is -0.657.